The molecule has 1 fully saturated rings. The Morgan fingerprint density at radius 3 is 2.65 bits per heavy atom. The van der Waals surface area contributed by atoms with Crippen molar-refractivity contribution in [1.82, 2.24) is 10.6 Å². The van der Waals surface area contributed by atoms with Crippen molar-refractivity contribution < 1.29 is 0 Å². The van der Waals surface area contributed by atoms with Gasteiger partial charge in [-0.1, -0.05) is 12.2 Å². The molecule has 2 heterocycles. The van der Waals surface area contributed by atoms with Gasteiger partial charge in [0.1, 0.15) is 0 Å². The van der Waals surface area contributed by atoms with Crippen molar-refractivity contribution in [2.24, 2.45) is 0 Å². The molecule has 0 amide bonds. The van der Waals surface area contributed by atoms with Crippen LogP contribution < -0.4 is 10.6 Å². The second-order valence-electron chi connectivity index (χ2n) is 5.14. The predicted molar refractivity (Wildman–Crippen MR) is 73.9 cm³/mol. The van der Waals surface area contributed by atoms with Crippen LogP contribution in [0.15, 0.2) is 34.6 Å². The molecular formula is C15H24N2. The molecule has 0 aliphatic carbocycles. The zero-order chi connectivity index (χ0) is 12.3. The molecule has 2 rings (SSSR count). The molecule has 94 valence electrons. The lowest BCUT2D eigenvalue weighted by molar-refractivity contribution is 0.664. The largest absolute Gasteiger partial charge is 0.385 e. The van der Waals surface area contributed by atoms with E-state index < -0.39 is 0 Å². The molecule has 0 radical (unpaired) electrons. The molecule has 2 N–H and O–H groups in total. The van der Waals surface area contributed by atoms with E-state index in [0.717, 1.165) is 32.5 Å². The van der Waals surface area contributed by atoms with Gasteiger partial charge >= 0.3 is 0 Å². The molecule has 2 aliphatic heterocycles. The molecule has 2 aliphatic rings. The number of nitrogens with one attached hydrogen (secondary N) is 2. The van der Waals surface area contributed by atoms with Crippen LogP contribution >= 0.6 is 0 Å². The third-order valence-corrected chi connectivity index (χ3v) is 3.87. The number of allylic oxidation sites excluding steroid dienone is 2. The third kappa shape index (κ3) is 2.81. The number of rotatable bonds is 1. The Morgan fingerprint density at radius 2 is 1.88 bits per heavy atom. The van der Waals surface area contributed by atoms with E-state index in [1.54, 1.807) is 0 Å². The minimum atomic E-state index is 1.07. The zero-order valence-corrected chi connectivity index (χ0v) is 11.2. The summed E-state index contributed by atoms with van der Waals surface area (Å²) in [6.07, 6.45) is 4.69. The molecule has 0 bridgehead atoms. The monoisotopic (exact) mass is 232 g/mol. The van der Waals surface area contributed by atoms with Crippen molar-refractivity contribution >= 4 is 0 Å². The topological polar surface area (TPSA) is 24.1 Å². The van der Waals surface area contributed by atoms with Crippen LogP contribution in [0.3, 0.4) is 0 Å². The van der Waals surface area contributed by atoms with Crippen LogP contribution in [-0.4, -0.2) is 19.6 Å². The lowest BCUT2D eigenvalue weighted by Gasteiger charge is -2.23. The Morgan fingerprint density at radius 1 is 1.12 bits per heavy atom. The molecule has 0 aromatic heterocycles. The van der Waals surface area contributed by atoms with Gasteiger partial charge in [0.2, 0.25) is 0 Å². The van der Waals surface area contributed by atoms with Gasteiger partial charge in [-0.25, -0.2) is 0 Å². The van der Waals surface area contributed by atoms with E-state index in [0.29, 0.717) is 0 Å². The number of hydrogen-bond donors (Lipinski definition) is 2. The second kappa shape index (κ2) is 5.54. The summed E-state index contributed by atoms with van der Waals surface area (Å²) < 4.78 is 0. The van der Waals surface area contributed by atoms with Gasteiger partial charge in [-0.05, 0) is 69.3 Å². The van der Waals surface area contributed by atoms with E-state index in [4.69, 9.17) is 0 Å². The summed E-state index contributed by atoms with van der Waals surface area (Å²) in [5.41, 5.74) is 7.11. The lowest BCUT2D eigenvalue weighted by atomic mass is 9.92. The van der Waals surface area contributed by atoms with Crippen LogP contribution in [-0.2, 0) is 0 Å². The average molecular weight is 232 g/mol. The highest BCUT2D eigenvalue weighted by Gasteiger charge is 2.16. The van der Waals surface area contributed by atoms with Crippen molar-refractivity contribution in [3.05, 3.63) is 34.6 Å². The van der Waals surface area contributed by atoms with E-state index in [9.17, 15) is 0 Å². The minimum Gasteiger partial charge on any atom is -0.385 e. The Labute approximate surface area is 105 Å². The van der Waals surface area contributed by atoms with E-state index in [-0.39, 0.29) is 0 Å². The van der Waals surface area contributed by atoms with E-state index in [1.807, 2.05) is 0 Å². The van der Waals surface area contributed by atoms with Crippen molar-refractivity contribution in [1.29, 1.82) is 0 Å². The van der Waals surface area contributed by atoms with Crippen LogP contribution in [0, 0.1) is 0 Å². The van der Waals surface area contributed by atoms with Crippen LogP contribution in [0.5, 0.6) is 0 Å². The predicted octanol–water partition coefficient (Wildman–Crippen LogP) is 2.90. The molecule has 0 unspecified atom stereocenters. The second-order valence-corrected chi connectivity index (χ2v) is 5.14. The Kier molecular flexibility index (Phi) is 4.06. The summed E-state index contributed by atoms with van der Waals surface area (Å²) >= 11 is 0. The number of hydrogen-bond acceptors (Lipinski definition) is 2. The van der Waals surface area contributed by atoms with Gasteiger partial charge in [0.25, 0.3) is 0 Å². The molecule has 2 heteroatoms. The first kappa shape index (κ1) is 12.4. The van der Waals surface area contributed by atoms with Crippen molar-refractivity contribution in [2.75, 3.05) is 19.6 Å². The standard InChI is InChI=1S/C15H24N2/c1-11-6-9-16-10-7-14(11)13(3)15-12(2)5-4-8-17-15/h16-17H,1,4-10H2,2-3H3/b14-13-. The maximum absolute atomic E-state index is 4.25. The van der Waals surface area contributed by atoms with Gasteiger partial charge in [0.05, 0.1) is 0 Å². The Hall–Kier alpha value is -1.02. The van der Waals surface area contributed by atoms with Crippen LogP contribution in [0.1, 0.15) is 39.5 Å². The van der Waals surface area contributed by atoms with Crippen molar-refractivity contribution in [2.45, 2.75) is 39.5 Å². The molecule has 0 aromatic rings. The van der Waals surface area contributed by atoms with Gasteiger partial charge in [-0.15, -0.1) is 0 Å². The molecule has 1 saturated heterocycles. The highest BCUT2D eigenvalue weighted by atomic mass is 14.9. The van der Waals surface area contributed by atoms with Gasteiger partial charge in [-0.2, -0.15) is 0 Å². The fraction of sp³-hybridized carbons (Fsp3) is 0.600. The molecular weight excluding hydrogens is 208 g/mol. The molecule has 17 heavy (non-hydrogen) atoms. The molecule has 2 nitrogen and oxygen atoms in total. The summed E-state index contributed by atoms with van der Waals surface area (Å²) in [5.74, 6) is 0. The summed E-state index contributed by atoms with van der Waals surface area (Å²) in [6.45, 7) is 12.0. The Bertz CT molecular complexity index is 374. The highest BCUT2D eigenvalue weighted by Crippen LogP contribution is 2.28. The van der Waals surface area contributed by atoms with Crippen molar-refractivity contribution in [3.63, 3.8) is 0 Å². The van der Waals surface area contributed by atoms with E-state index in [1.165, 1.54) is 40.8 Å². The normalized spacial score (nSPS) is 25.4. The Balaban J connectivity index is 2.31. The molecule has 0 saturated carbocycles. The fourth-order valence-electron chi connectivity index (χ4n) is 2.80. The van der Waals surface area contributed by atoms with Crippen molar-refractivity contribution in [3.8, 4) is 0 Å². The zero-order valence-electron chi connectivity index (χ0n) is 11.2. The molecule has 0 atom stereocenters. The average Bonchev–Trinajstić information content (AvgIpc) is 2.54. The van der Waals surface area contributed by atoms with Gasteiger partial charge in [0, 0.05) is 12.2 Å². The highest BCUT2D eigenvalue weighted by molar-refractivity contribution is 5.44. The maximum Gasteiger partial charge on any atom is 0.0361 e. The smallest absolute Gasteiger partial charge is 0.0361 e. The quantitative estimate of drug-likeness (QED) is 0.726. The van der Waals surface area contributed by atoms with Crippen LogP contribution in [0.2, 0.25) is 0 Å². The first-order chi connectivity index (χ1) is 8.20. The SMILES string of the molecule is C=C1CCNCC/C1=C(\C)C1=C(C)CCCN1. The molecule has 0 spiro atoms. The first-order valence-corrected chi connectivity index (χ1v) is 6.72. The summed E-state index contributed by atoms with van der Waals surface area (Å²) in [5, 5.41) is 7.01. The van der Waals surface area contributed by atoms with Crippen LogP contribution in [0.25, 0.3) is 0 Å². The minimum absolute atomic E-state index is 1.07. The van der Waals surface area contributed by atoms with E-state index in [2.05, 4.69) is 31.1 Å². The maximum atomic E-state index is 4.25. The first-order valence-electron chi connectivity index (χ1n) is 6.72. The summed E-state index contributed by atoms with van der Waals surface area (Å²) in [4.78, 5) is 0. The van der Waals surface area contributed by atoms with Gasteiger partial charge < -0.3 is 10.6 Å². The summed E-state index contributed by atoms with van der Waals surface area (Å²) in [7, 11) is 0. The lowest BCUT2D eigenvalue weighted by Crippen LogP contribution is -2.22. The molecule has 0 aromatic carbocycles. The summed E-state index contributed by atoms with van der Waals surface area (Å²) in [6, 6.07) is 0. The van der Waals surface area contributed by atoms with Gasteiger partial charge in [-0.3, -0.25) is 0 Å². The fourth-order valence-corrected chi connectivity index (χ4v) is 2.80. The third-order valence-electron chi connectivity index (χ3n) is 3.87. The van der Waals surface area contributed by atoms with Crippen LogP contribution in [0.4, 0.5) is 0 Å². The van der Waals surface area contributed by atoms with Gasteiger partial charge in [0.15, 0.2) is 0 Å². The van der Waals surface area contributed by atoms with E-state index >= 15 is 0 Å².